The second-order valence-corrected chi connectivity index (χ2v) is 8.13. The van der Waals surface area contributed by atoms with Crippen LogP contribution in [0.2, 0.25) is 0 Å². The van der Waals surface area contributed by atoms with Gasteiger partial charge in [-0.3, -0.25) is 4.79 Å². The average molecular weight is 555 g/mol. The quantitative estimate of drug-likeness (QED) is 0.0882. The molecule has 0 aromatic carbocycles. The van der Waals surface area contributed by atoms with Gasteiger partial charge in [0.2, 0.25) is 0 Å². The molecule has 0 radical (unpaired) electrons. The van der Waals surface area contributed by atoms with E-state index in [-0.39, 0.29) is 12.6 Å². The second-order valence-electron chi connectivity index (χ2n) is 8.13. The van der Waals surface area contributed by atoms with Crippen molar-refractivity contribution in [2.75, 3.05) is 126 Å². The number of hydrogen-bond acceptors (Lipinski definition) is 11. The molecule has 0 N–H and O–H groups in total. The van der Waals surface area contributed by atoms with Gasteiger partial charge in [0.25, 0.3) is 0 Å². The molecule has 0 aliphatic heterocycles. The maximum atomic E-state index is 11.5. The number of rotatable bonds is 33. The Morgan fingerprint density at radius 3 is 1.03 bits per heavy atom. The third kappa shape index (κ3) is 33.1. The van der Waals surface area contributed by atoms with E-state index in [4.69, 9.17) is 47.4 Å². The van der Waals surface area contributed by atoms with Crippen LogP contribution in [-0.4, -0.2) is 132 Å². The molecule has 0 spiro atoms. The van der Waals surface area contributed by atoms with E-state index in [0.29, 0.717) is 125 Å². The van der Waals surface area contributed by atoms with Crippen molar-refractivity contribution < 1.29 is 52.2 Å². The molecule has 0 saturated heterocycles. The number of carbonyl (C=O) groups excluding carboxylic acids is 1. The topological polar surface area (TPSA) is 109 Å². The summed E-state index contributed by atoms with van der Waals surface area (Å²) in [5.41, 5.74) is 0. The van der Waals surface area contributed by atoms with Crippen LogP contribution in [0.5, 0.6) is 0 Å². The van der Waals surface area contributed by atoms with Gasteiger partial charge in [-0.05, 0) is 13.3 Å². The molecule has 0 aromatic heterocycles. The Morgan fingerprint density at radius 1 is 0.395 bits per heavy atom. The normalized spacial score (nSPS) is 11.3. The Hall–Kier alpha value is -0.890. The molecule has 0 amide bonds. The number of esters is 1. The lowest BCUT2D eigenvalue weighted by molar-refractivity contribution is -0.145. The fraction of sp³-hybridized carbons (Fsp3) is 0.963. The Bertz CT molecular complexity index is 455. The van der Waals surface area contributed by atoms with Gasteiger partial charge >= 0.3 is 5.97 Å². The molecule has 0 aromatic rings. The lowest BCUT2D eigenvalue weighted by Crippen LogP contribution is -2.15. The van der Waals surface area contributed by atoms with Gasteiger partial charge in [0, 0.05) is 13.0 Å². The van der Waals surface area contributed by atoms with E-state index in [1.165, 1.54) is 0 Å². The molecule has 0 atom stereocenters. The van der Waals surface area contributed by atoms with E-state index in [1.54, 1.807) is 0 Å². The van der Waals surface area contributed by atoms with E-state index in [0.717, 1.165) is 25.7 Å². The summed E-state index contributed by atoms with van der Waals surface area (Å²) >= 11 is 0. The summed E-state index contributed by atoms with van der Waals surface area (Å²) in [6.45, 7) is 13.9. The second kappa shape index (κ2) is 34.1. The van der Waals surface area contributed by atoms with Crippen LogP contribution in [-0.2, 0) is 52.2 Å². The highest BCUT2D eigenvalue weighted by Crippen LogP contribution is 2.03. The van der Waals surface area contributed by atoms with Crippen LogP contribution in [0.15, 0.2) is 0 Å². The first kappa shape index (κ1) is 37.1. The summed E-state index contributed by atoms with van der Waals surface area (Å²) in [5, 5.41) is 0. The molecule has 228 valence electrons. The van der Waals surface area contributed by atoms with Gasteiger partial charge in [0.05, 0.1) is 112 Å². The minimum Gasteiger partial charge on any atom is -0.463 e. The van der Waals surface area contributed by atoms with E-state index < -0.39 is 0 Å². The van der Waals surface area contributed by atoms with Crippen LogP contribution in [0, 0.1) is 0 Å². The zero-order chi connectivity index (χ0) is 27.6. The lowest BCUT2D eigenvalue weighted by Gasteiger charge is -2.09. The summed E-state index contributed by atoms with van der Waals surface area (Å²) in [5.74, 6) is -0.149. The van der Waals surface area contributed by atoms with Crippen LogP contribution >= 0.6 is 0 Å². The van der Waals surface area contributed by atoms with Gasteiger partial charge in [0.1, 0.15) is 6.61 Å². The fourth-order valence-corrected chi connectivity index (χ4v) is 2.89. The van der Waals surface area contributed by atoms with Gasteiger partial charge < -0.3 is 47.4 Å². The lowest BCUT2D eigenvalue weighted by atomic mass is 10.2. The largest absolute Gasteiger partial charge is 0.463 e. The summed E-state index contributed by atoms with van der Waals surface area (Å²) in [4.78, 5) is 11.5. The molecule has 0 heterocycles. The standard InChI is InChI=1S/C27H54O11/c1-3-5-6-7-8-27(28)38-26-25-37-24-23-36-22-21-35-20-19-34-18-17-33-16-15-32-14-13-31-12-11-30-10-9-29-4-2/h3-26H2,1-2H3. The summed E-state index contributed by atoms with van der Waals surface area (Å²) in [7, 11) is 0. The molecular weight excluding hydrogens is 500 g/mol. The van der Waals surface area contributed by atoms with Crippen molar-refractivity contribution >= 4 is 5.97 Å². The van der Waals surface area contributed by atoms with Gasteiger partial charge in [-0.15, -0.1) is 0 Å². The first-order chi connectivity index (χ1) is 18.8. The molecule has 0 unspecified atom stereocenters. The number of ether oxygens (including phenoxy) is 10. The number of hydrogen-bond donors (Lipinski definition) is 0. The van der Waals surface area contributed by atoms with Gasteiger partial charge in [0.15, 0.2) is 0 Å². The van der Waals surface area contributed by atoms with Crippen molar-refractivity contribution in [1.29, 1.82) is 0 Å². The van der Waals surface area contributed by atoms with Crippen molar-refractivity contribution in [3.63, 3.8) is 0 Å². The molecular formula is C27H54O11. The molecule has 0 rings (SSSR count). The number of carbonyl (C=O) groups is 1. The van der Waals surface area contributed by atoms with E-state index >= 15 is 0 Å². The molecule has 0 fully saturated rings. The minimum absolute atomic E-state index is 0.149. The Kier molecular flexibility index (Phi) is 33.3. The van der Waals surface area contributed by atoms with Crippen LogP contribution in [0.3, 0.4) is 0 Å². The average Bonchev–Trinajstić information content (AvgIpc) is 2.92. The third-order valence-electron chi connectivity index (χ3n) is 4.91. The maximum Gasteiger partial charge on any atom is 0.305 e. The maximum absolute atomic E-state index is 11.5. The van der Waals surface area contributed by atoms with Crippen molar-refractivity contribution in [3.8, 4) is 0 Å². The highest BCUT2D eigenvalue weighted by Gasteiger charge is 2.02. The predicted molar refractivity (Wildman–Crippen MR) is 143 cm³/mol. The predicted octanol–water partition coefficient (Wildman–Crippen LogP) is 2.67. The molecule has 0 aliphatic rings. The minimum atomic E-state index is -0.149. The third-order valence-corrected chi connectivity index (χ3v) is 4.91. The SMILES string of the molecule is CCCCCCC(=O)OCCOCCOCCOCCOCCOCCOCCOCCOCCOCC. The first-order valence-corrected chi connectivity index (χ1v) is 14.2. The Balaban J connectivity index is 3.07. The van der Waals surface area contributed by atoms with Gasteiger partial charge in [-0.2, -0.15) is 0 Å². The summed E-state index contributed by atoms with van der Waals surface area (Å²) < 4.78 is 53.6. The highest BCUT2D eigenvalue weighted by molar-refractivity contribution is 5.69. The number of unbranched alkanes of at least 4 members (excludes halogenated alkanes) is 3. The van der Waals surface area contributed by atoms with Crippen molar-refractivity contribution in [2.24, 2.45) is 0 Å². The molecule has 0 saturated carbocycles. The molecule has 11 heteroatoms. The van der Waals surface area contributed by atoms with Gasteiger partial charge in [-0.1, -0.05) is 26.2 Å². The molecule has 38 heavy (non-hydrogen) atoms. The van der Waals surface area contributed by atoms with Crippen LogP contribution in [0.1, 0.15) is 46.0 Å². The fourth-order valence-electron chi connectivity index (χ4n) is 2.89. The van der Waals surface area contributed by atoms with Crippen molar-refractivity contribution in [2.45, 2.75) is 46.0 Å². The Labute approximate surface area is 230 Å². The highest BCUT2D eigenvalue weighted by atomic mass is 16.6. The van der Waals surface area contributed by atoms with E-state index in [9.17, 15) is 4.79 Å². The zero-order valence-corrected chi connectivity index (χ0v) is 24.0. The van der Waals surface area contributed by atoms with Crippen LogP contribution < -0.4 is 0 Å². The molecule has 11 nitrogen and oxygen atoms in total. The van der Waals surface area contributed by atoms with E-state index in [1.807, 2.05) is 6.92 Å². The van der Waals surface area contributed by atoms with Gasteiger partial charge in [-0.25, -0.2) is 0 Å². The summed E-state index contributed by atoms with van der Waals surface area (Å²) in [6, 6.07) is 0. The molecule has 0 bridgehead atoms. The first-order valence-electron chi connectivity index (χ1n) is 14.2. The molecule has 0 aliphatic carbocycles. The smallest absolute Gasteiger partial charge is 0.305 e. The zero-order valence-electron chi connectivity index (χ0n) is 24.0. The van der Waals surface area contributed by atoms with Crippen LogP contribution in [0.25, 0.3) is 0 Å². The monoisotopic (exact) mass is 554 g/mol. The Morgan fingerprint density at radius 2 is 0.711 bits per heavy atom. The van der Waals surface area contributed by atoms with Crippen molar-refractivity contribution in [1.82, 2.24) is 0 Å². The summed E-state index contributed by atoms with van der Waals surface area (Å²) in [6.07, 6.45) is 4.78. The van der Waals surface area contributed by atoms with E-state index in [2.05, 4.69) is 6.92 Å². The van der Waals surface area contributed by atoms with Crippen molar-refractivity contribution in [3.05, 3.63) is 0 Å². The van der Waals surface area contributed by atoms with Crippen LogP contribution in [0.4, 0.5) is 0 Å².